The SMILES string of the molecule is COc1ccccc1CC(O)(Cc1ccccc1OC)C(C)N=Cc1cc([N+](=O)[O-])ccc1O. The monoisotopic (exact) mass is 464 g/mol. The number of hydrogen-bond donors (Lipinski definition) is 2. The van der Waals surface area contributed by atoms with Crippen molar-refractivity contribution < 1.29 is 24.6 Å². The van der Waals surface area contributed by atoms with Crippen LogP contribution in [-0.4, -0.2) is 47.2 Å². The third kappa shape index (κ3) is 5.71. The summed E-state index contributed by atoms with van der Waals surface area (Å²) in [4.78, 5) is 15.1. The second-order valence-electron chi connectivity index (χ2n) is 8.04. The number of non-ortho nitro benzene ring substituents is 1. The zero-order chi connectivity index (χ0) is 24.7. The van der Waals surface area contributed by atoms with Crippen LogP contribution in [0.5, 0.6) is 17.2 Å². The predicted molar refractivity (Wildman–Crippen MR) is 130 cm³/mol. The predicted octanol–water partition coefficient (Wildman–Crippen LogP) is 4.34. The number of methoxy groups -OCH3 is 2. The summed E-state index contributed by atoms with van der Waals surface area (Å²) >= 11 is 0. The Kier molecular flexibility index (Phi) is 7.86. The Balaban J connectivity index is 1.99. The zero-order valence-electron chi connectivity index (χ0n) is 19.3. The molecule has 1 atom stereocenters. The van der Waals surface area contributed by atoms with Gasteiger partial charge in [-0.2, -0.15) is 0 Å². The highest BCUT2D eigenvalue weighted by molar-refractivity contribution is 5.84. The van der Waals surface area contributed by atoms with Gasteiger partial charge in [0.1, 0.15) is 17.2 Å². The second kappa shape index (κ2) is 10.8. The van der Waals surface area contributed by atoms with Gasteiger partial charge in [0.2, 0.25) is 0 Å². The van der Waals surface area contributed by atoms with Crippen LogP contribution in [0.15, 0.2) is 71.7 Å². The molecule has 34 heavy (non-hydrogen) atoms. The van der Waals surface area contributed by atoms with E-state index in [1.165, 1.54) is 24.4 Å². The molecule has 8 heteroatoms. The molecule has 8 nitrogen and oxygen atoms in total. The van der Waals surface area contributed by atoms with Crippen LogP contribution in [0.2, 0.25) is 0 Å². The van der Waals surface area contributed by atoms with Crippen LogP contribution in [0.25, 0.3) is 0 Å². The van der Waals surface area contributed by atoms with Crippen molar-refractivity contribution in [2.24, 2.45) is 4.99 Å². The van der Waals surface area contributed by atoms with E-state index in [-0.39, 0.29) is 29.8 Å². The van der Waals surface area contributed by atoms with Crippen molar-refractivity contribution in [1.29, 1.82) is 0 Å². The quantitative estimate of drug-likeness (QED) is 0.262. The van der Waals surface area contributed by atoms with Crippen molar-refractivity contribution in [3.63, 3.8) is 0 Å². The highest BCUT2D eigenvalue weighted by Gasteiger charge is 2.36. The van der Waals surface area contributed by atoms with Gasteiger partial charge in [0, 0.05) is 36.8 Å². The normalized spacial score (nSPS) is 12.5. The van der Waals surface area contributed by atoms with E-state index in [9.17, 15) is 20.3 Å². The summed E-state index contributed by atoms with van der Waals surface area (Å²) in [6.07, 6.45) is 1.81. The van der Waals surface area contributed by atoms with Gasteiger partial charge in [-0.3, -0.25) is 15.1 Å². The number of ether oxygens (including phenoxy) is 2. The number of para-hydroxylation sites is 2. The summed E-state index contributed by atoms with van der Waals surface area (Å²) in [6, 6.07) is 17.9. The van der Waals surface area contributed by atoms with Crippen LogP contribution < -0.4 is 9.47 Å². The minimum Gasteiger partial charge on any atom is -0.507 e. The molecule has 1 unspecified atom stereocenters. The number of aliphatic hydroxyl groups is 1. The number of phenolic OH excluding ortho intramolecular Hbond substituents is 1. The molecule has 0 amide bonds. The first-order chi connectivity index (χ1) is 16.3. The zero-order valence-corrected chi connectivity index (χ0v) is 19.3. The lowest BCUT2D eigenvalue weighted by Crippen LogP contribution is -2.44. The fraction of sp³-hybridized carbons (Fsp3) is 0.269. The Hall–Kier alpha value is -3.91. The molecule has 0 saturated carbocycles. The number of nitro benzene ring substituents is 1. The summed E-state index contributed by atoms with van der Waals surface area (Å²) in [5.74, 6) is 1.15. The Labute approximate surface area is 198 Å². The lowest BCUT2D eigenvalue weighted by molar-refractivity contribution is -0.384. The van der Waals surface area contributed by atoms with E-state index < -0.39 is 16.6 Å². The van der Waals surface area contributed by atoms with Gasteiger partial charge in [0.25, 0.3) is 5.69 Å². The maximum Gasteiger partial charge on any atom is 0.270 e. The molecule has 0 aromatic heterocycles. The molecule has 178 valence electrons. The fourth-order valence-corrected chi connectivity index (χ4v) is 3.81. The lowest BCUT2D eigenvalue weighted by atomic mass is 9.82. The molecule has 3 rings (SSSR count). The number of rotatable bonds is 10. The molecule has 0 aliphatic rings. The first kappa shape index (κ1) is 24.7. The molecule has 0 aliphatic heterocycles. The summed E-state index contributed by atoms with van der Waals surface area (Å²) < 4.78 is 11.0. The summed E-state index contributed by atoms with van der Waals surface area (Å²) in [6.45, 7) is 1.76. The number of aliphatic imine (C=N–C) groups is 1. The lowest BCUT2D eigenvalue weighted by Gasteiger charge is -2.33. The maximum atomic E-state index is 11.9. The van der Waals surface area contributed by atoms with Crippen LogP contribution in [-0.2, 0) is 12.8 Å². The Morgan fingerprint density at radius 3 is 2.03 bits per heavy atom. The van der Waals surface area contributed by atoms with Gasteiger partial charge in [-0.15, -0.1) is 0 Å². The number of aromatic hydroxyl groups is 1. The van der Waals surface area contributed by atoms with Crippen LogP contribution in [0.1, 0.15) is 23.6 Å². The van der Waals surface area contributed by atoms with Gasteiger partial charge in [-0.05, 0) is 36.2 Å². The van der Waals surface area contributed by atoms with E-state index in [0.29, 0.717) is 11.5 Å². The Morgan fingerprint density at radius 2 is 1.53 bits per heavy atom. The first-order valence-electron chi connectivity index (χ1n) is 10.7. The van der Waals surface area contributed by atoms with Crippen LogP contribution in [0.3, 0.4) is 0 Å². The highest BCUT2D eigenvalue weighted by atomic mass is 16.6. The van der Waals surface area contributed by atoms with Gasteiger partial charge in [0.05, 0.1) is 30.8 Å². The molecule has 2 N–H and O–H groups in total. The van der Waals surface area contributed by atoms with Crippen molar-refractivity contribution in [2.75, 3.05) is 14.2 Å². The third-order valence-electron chi connectivity index (χ3n) is 5.82. The molecular formula is C26H28N2O6. The smallest absolute Gasteiger partial charge is 0.270 e. The molecule has 0 saturated heterocycles. The van der Waals surface area contributed by atoms with Crippen LogP contribution in [0, 0.1) is 10.1 Å². The van der Waals surface area contributed by atoms with Gasteiger partial charge < -0.3 is 19.7 Å². The molecule has 0 heterocycles. The van der Waals surface area contributed by atoms with E-state index in [4.69, 9.17) is 9.47 Å². The van der Waals surface area contributed by atoms with E-state index in [0.717, 1.165) is 11.1 Å². The van der Waals surface area contributed by atoms with E-state index >= 15 is 0 Å². The van der Waals surface area contributed by atoms with E-state index in [2.05, 4.69) is 4.99 Å². The number of nitrogens with zero attached hydrogens (tertiary/aromatic N) is 2. The number of nitro groups is 1. The van der Waals surface area contributed by atoms with E-state index in [1.807, 2.05) is 48.5 Å². The van der Waals surface area contributed by atoms with Crippen molar-refractivity contribution in [3.8, 4) is 17.2 Å². The minimum absolute atomic E-state index is 0.139. The van der Waals surface area contributed by atoms with Gasteiger partial charge in [-0.1, -0.05) is 36.4 Å². The minimum atomic E-state index is -1.36. The average molecular weight is 465 g/mol. The summed E-state index contributed by atoms with van der Waals surface area (Å²) in [5.41, 5.74) is 0.282. The first-order valence-corrected chi connectivity index (χ1v) is 10.7. The molecule has 0 bridgehead atoms. The van der Waals surface area contributed by atoms with Gasteiger partial charge >= 0.3 is 0 Å². The standard InChI is InChI=1S/C26H28N2O6/c1-18(27-17-21-14-22(28(31)32)12-13-23(21)29)26(30,15-19-8-4-6-10-24(19)33-2)16-20-9-5-7-11-25(20)34-3/h4-14,17-18,29-30H,15-16H2,1-3H3. The third-order valence-corrected chi connectivity index (χ3v) is 5.82. The maximum absolute atomic E-state index is 11.9. The van der Waals surface area contributed by atoms with Crippen LogP contribution >= 0.6 is 0 Å². The Morgan fingerprint density at radius 1 is 1.00 bits per heavy atom. The largest absolute Gasteiger partial charge is 0.507 e. The van der Waals surface area contributed by atoms with Crippen molar-refractivity contribution in [1.82, 2.24) is 0 Å². The number of benzene rings is 3. The molecular weight excluding hydrogens is 436 g/mol. The van der Waals surface area contributed by atoms with Crippen molar-refractivity contribution >= 4 is 11.9 Å². The molecule has 3 aromatic carbocycles. The second-order valence-corrected chi connectivity index (χ2v) is 8.04. The van der Waals surface area contributed by atoms with Crippen LogP contribution in [0.4, 0.5) is 5.69 Å². The van der Waals surface area contributed by atoms with Crippen molar-refractivity contribution in [3.05, 3.63) is 93.5 Å². The molecule has 0 spiro atoms. The molecule has 0 aliphatic carbocycles. The van der Waals surface area contributed by atoms with E-state index in [1.54, 1.807) is 21.1 Å². The summed E-state index contributed by atoms with van der Waals surface area (Å²) in [5, 5.41) is 33.2. The number of phenols is 1. The van der Waals surface area contributed by atoms with Gasteiger partial charge in [-0.25, -0.2) is 0 Å². The number of hydrogen-bond acceptors (Lipinski definition) is 7. The molecule has 3 aromatic rings. The van der Waals surface area contributed by atoms with Crippen molar-refractivity contribution in [2.45, 2.75) is 31.4 Å². The average Bonchev–Trinajstić information content (AvgIpc) is 2.83. The molecule has 0 radical (unpaired) electrons. The fourth-order valence-electron chi connectivity index (χ4n) is 3.81. The Bertz CT molecular complexity index is 1130. The molecule has 0 fully saturated rings. The van der Waals surface area contributed by atoms with Gasteiger partial charge in [0.15, 0.2) is 0 Å². The topological polar surface area (TPSA) is 114 Å². The summed E-state index contributed by atoms with van der Waals surface area (Å²) in [7, 11) is 3.15. The highest BCUT2D eigenvalue weighted by Crippen LogP contribution is 2.32.